The lowest BCUT2D eigenvalue weighted by molar-refractivity contribution is 0.0939. The fourth-order valence-corrected chi connectivity index (χ4v) is 2.18. The van der Waals surface area contributed by atoms with Crippen molar-refractivity contribution in [3.63, 3.8) is 0 Å². The molecule has 1 saturated carbocycles. The zero-order chi connectivity index (χ0) is 15.4. The number of benzene rings is 1. The summed E-state index contributed by atoms with van der Waals surface area (Å²) in [4.78, 5) is 14.4. The molecule has 1 fully saturated rings. The van der Waals surface area contributed by atoms with Gasteiger partial charge in [-0.2, -0.15) is 0 Å². The third kappa shape index (κ3) is 3.95. The quantitative estimate of drug-likeness (QED) is 0.315. The standard InChI is InChI=1S/C15H22N4O2/c1-10(19(2)13-7-8-13)9-17-15(20)12-5-3-11(4-6-12)14(16)18-21/h3-6,10,13,21H,7-9H2,1-2H3,(H2,16,18)(H,17,20). The normalized spacial score (nSPS) is 16.8. The van der Waals surface area contributed by atoms with E-state index in [-0.39, 0.29) is 11.7 Å². The molecule has 1 aromatic rings. The SMILES string of the molecule is CC(CNC(=O)c1ccc(/C(N)=N/O)cc1)N(C)C1CC1. The van der Waals surface area contributed by atoms with Crippen LogP contribution in [-0.4, -0.2) is 47.5 Å². The highest BCUT2D eigenvalue weighted by molar-refractivity contribution is 5.99. The van der Waals surface area contributed by atoms with Crippen molar-refractivity contribution in [2.75, 3.05) is 13.6 Å². The van der Waals surface area contributed by atoms with Crippen molar-refractivity contribution in [3.05, 3.63) is 35.4 Å². The van der Waals surface area contributed by atoms with E-state index in [4.69, 9.17) is 10.9 Å². The second-order valence-electron chi connectivity index (χ2n) is 5.52. The first-order valence-electron chi connectivity index (χ1n) is 7.11. The van der Waals surface area contributed by atoms with Crippen LogP contribution in [0, 0.1) is 0 Å². The maximum absolute atomic E-state index is 12.1. The van der Waals surface area contributed by atoms with Crippen molar-refractivity contribution >= 4 is 11.7 Å². The van der Waals surface area contributed by atoms with Gasteiger partial charge < -0.3 is 16.3 Å². The van der Waals surface area contributed by atoms with E-state index in [1.54, 1.807) is 24.3 Å². The van der Waals surface area contributed by atoms with Gasteiger partial charge in [-0.3, -0.25) is 9.69 Å². The van der Waals surface area contributed by atoms with Crippen molar-refractivity contribution in [2.45, 2.75) is 31.8 Å². The summed E-state index contributed by atoms with van der Waals surface area (Å²) in [5.41, 5.74) is 6.62. The van der Waals surface area contributed by atoms with Gasteiger partial charge in [-0.1, -0.05) is 17.3 Å². The molecule has 1 unspecified atom stereocenters. The summed E-state index contributed by atoms with van der Waals surface area (Å²) < 4.78 is 0. The maximum atomic E-state index is 12.1. The third-order valence-corrected chi connectivity index (χ3v) is 3.93. The van der Waals surface area contributed by atoms with Gasteiger partial charge in [0.05, 0.1) is 0 Å². The summed E-state index contributed by atoms with van der Waals surface area (Å²) in [5.74, 6) is -0.0845. The number of amidine groups is 1. The van der Waals surface area contributed by atoms with E-state index >= 15 is 0 Å². The Kier molecular flexibility index (Phi) is 4.80. The van der Waals surface area contributed by atoms with Crippen LogP contribution in [0.25, 0.3) is 0 Å². The number of likely N-dealkylation sites (N-methyl/N-ethyl adjacent to an activating group) is 1. The molecule has 1 aliphatic carbocycles. The smallest absolute Gasteiger partial charge is 0.251 e. The number of hydrogen-bond donors (Lipinski definition) is 3. The molecule has 0 aliphatic heterocycles. The number of nitrogens with zero attached hydrogens (tertiary/aromatic N) is 2. The average molecular weight is 290 g/mol. The molecule has 1 aliphatic rings. The Morgan fingerprint density at radius 1 is 1.43 bits per heavy atom. The number of carbonyl (C=O) groups excluding carboxylic acids is 1. The van der Waals surface area contributed by atoms with E-state index in [2.05, 4.69) is 29.3 Å². The molecular weight excluding hydrogens is 268 g/mol. The van der Waals surface area contributed by atoms with E-state index in [9.17, 15) is 4.79 Å². The van der Waals surface area contributed by atoms with E-state index in [1.165, 1.54) is 12.8 Å². The van der Waals surface area contributed by atoms with Crippen LogP contribution in [-0.2, 0) is 0 Å². The van der Waals surface area contributed by atoms with E-state index in [0.717, 1.165) is 0 Å². The van der Waals surface area contributed by atoms with E-state index in [0.29, 0.717) is 29.8 Å². The molecule has 1 amide bonds. The highest BCUT2D eigenvalue weighted by Crippen LogP contribution is 2.26. The van der Waals surface area contributed by atoms with Gasteiger partial charge in [0.25, 0.3) is 5.91 Å². The molecular formula is C15H22N4O2. The maximum Gasteiger partial charge on any atom is 0.251 e. The highest BCUT2D eigenvalue weighted by atomic mass is 16.4. The van der Waals surface area contributed by atoms with Crippen molar-refractivity contribution in [3.8, 4) is 0 Å². The second kappa shape index (κ2) is 6.58. The Labute approximate surface area is 124 Å². The molecule has 6 heteroatoms. The minimum absolute atomic E-state index is 0.0293. The first kappa shape index (κ1) is 15.3. The van der Waals surface area contributed by atoms with Crippen molar-refractivity contribution in [1.29, 1.82) is 0 Å². The Morgan fingerprint density at radius 3 is 2.52 bits per heavy atom. The van der Waals surface area contributed by atoms with Gasteiger partial charge in [-0.05, 0) is 38.9 Å². The number of nitrogens with one attached hydrogen (secondary N) is 1. The van der Waals surface area contributed by atoms with Crippen LogP contribution in [0.4, 0.5) is 0 Å². The van der Waals surface area contributed by atoms with Crippen molar-refractivity contribution in [2.24, 2.45) is 10.9 Å². The molecule has 2 rings (SSSR count). The molecule has 6 nitrogen and oxygen atoms in total. The predicted molar refractivity (Wildman–Crippen MR) is 81.5 cm³/mol. The molecule has 21 heavy (non-hydrogen) atoms. The van der Waals surface area contributed by atoms with Gasteiger partial charge in [0.15, 0.2) is 5.84 Å². The minimum atomic E-state index is -0.114. The summed E-state index contributed by atoms with van der Waals surface area (Å²) in [6, 6.07) is 7.64. The van der Waals surface area contributed by atoms with Crippen LogP contribution < -0.4 is 11.1 Å². The van der Waals surface area contributed by atoms with E-state index < -0.39 is 0 Å². The fraction of sp³-hybridized carbons (Fsp3) is 0.467. The third-order valence-electron chi connectivity index (χ3n) is 3.93. The van der Waals surface area contributed by atoms with Crippen molar-refractivity contribution < 1.29 is 10.0 Å². The summed E-state index contributed by atoms with van der Waals surface area (Å²) in [6.45, 7) is 2.73. The number of rotatable bonds is 6. The molecule has 0 saturated heterocycles. The fourth-order valence-electron chi connectivity index (χ4n) is 2.18. The van der Waals surface area contributed by atoms with Crippen LogP contribution in [0.15, 0.2) is 29.4 Å². The number of nitrogens with two attached hydrogens (primary N) is 1. The zero-order valence-electron chi connectivity index (χ0n) is 12.4. The topological polar surface area (TPSA) is 91.0 Å². The monoisotopic (exact) mass is 290 g/mol. The Bertz CT molecular complexity index is 523. The molecule has 114 valence electrons. The first-order valence-corrected chi connectivity index (χ1v) is 7.11. The lowest BCUT2D eigenvalue weighted by atomic mass is 10.1. The van der Waals surface area contributed by atoms with E-state index in [1.807, 2.05) is 0 Å². The van der Waals surface area contributed by atoms with Crippen LogP contribution >= 0.6 is 0 Å². The Hall–Kier alpha value is -2.08. The Morgan fingerprint density at radius 2 is 2.00 bits per heavy atom. The molecule has 0 aromatic heterocycles. The lowest BCUT2D eigenvalue weighted by Gasteiger charge is -2.24. The van der Waals surface area contributed by atoms with Gasteiger partial charge in [0, 0.05) is 29.8 Å². The van der Waals surface area contributed by atoms with Crippen molar-refractivity contribution in [1.82, 2.24) is 10.2 Å². The van der Waals surface area contributed by atoms with Gasteiger partial charge >= 0.3 is 0 Å². The molecule has 0 spiro atoms. The Balaban J connectivity index is 1.88. The molecule has 0 radical (unpaired) electrons. The summed E-state index contributed by atoms with van der Waals surface area (Å²) >= 11 is 0. The molecule has 4 N–H and O–H groups in total. The molecule has 0 bridgehead atoms. The molecule has 1 atom stereocenters. The van der Waals surface area contributed by atoms with Gasteiger partial charge in [-0.15, -0.1) is 0 Å². The number of oxime groups is 1. The summed E-state index contributed by atoms with van der Waals surface area (Å²) in [5, 5.41) is 14.4. The average Bonchev–Trinajstić information content (AvgIpc) is 3.35. The lowest BCUT2D eigenvalue weighted by Crippen LogP contribution is -2.41. The minimum Gasteiger partial charge on any atom is -0.409 e. The van der Waals surface area contributed by atoms with Crippen LogP contribution in [0.1, 0.15) is 35.7 Å². The van der Waals surface area contributed by atoms with Crippen LogP contribution in [0.5, 0.6) is 0 Å². The summed E-state index contributed by atoms with van der Waals surface area (Å²) in [7, 11) is 2.10. The van der Waals surface area contributed by atoms with Gasteiger partial charge in [0.2, 0.25) is 0 Å². The molecule has 0 heterocycles. The van der Waals surface area contributed by atoms with Gasteiger partial charge in [0.1, 0.15) is 0 Å². The predicted octanol–water partition coefficient (Wildman–Crippen LogP) is 0.994. The highest BCUT2D eigenvalue weighted by Gasteiger charge is 2.29. The van der Waals surface area contributed by atoms with Crippen LogP contribution in [0.3, 0.4) is 0 Å². The second-order valence-corrected chi connectivity index (χ2v) is 5.52. The summed E-state index contributed by atoms with van der Waals surface area (Å²) in [6.07, 6.45) is 2.51. The molecule has 1 aromatic carbocycles. The number of hydrogen-bond acceptors (Lipinski definition) is 4. The van der Waals surface area contributed by atoms with Gasteiger partial charge in [-0.25, -0.2) is 0 Å². The number of carbonyl (C=O) groups is 1. The zero-order valence-corrected chi connectivity index (χ0v) is 12.4. The largest absolute Gasteiger partial charge is 0.409 e. The van der Waals surface area contributed by atoms with Crippen LogP contribution in [0.2, 0.25) is 0 Å². The first-order chi connectivity index (χ1) is 10.0. The number of amides is 1.